The zero-order chi connectivity index (χ0) is 18.5. The average molecular weight is 349 g/mol. The number of nitrogens with zero attached hydrogens (tertiary/aromatic N) is 2. The first-order valence-electron chi connectivity index (χ1n) is 8.65. The van der Waals surface area contributed by atoms with Gasteiger partial charge >= 0.3 is 0 Å². The van der Waals surface area contributed by atoms with E-state index in [9.17, 15) is 4.79 Å². The highest BCUT2D eigenvalue weighted by molar-refractivity contribution is 5.81. The number of benzene rings is 2. The monoisotopic (exact) mass is 349 g/mol. The predicted molar refractivity (Wildman–Crippen MR) is 101 cm³/mol. The predicted octanol–water partition coefficient (Wildman–Crippen LogP) is 3.83. The minimum atomic E-state index is -0.565. The maximum atomic E-state index is 12.4. The van der Waals surface area contributed by atoms with Gasteiger partial charge in [0.25, 0.3) is 5.91 Å². The van der Waals surface area contributed by atoms with Crippen molar-refractivity contribution in [2.24, 2.45) is 0 Å². The van der Waals surface area contributed by atoms with Gasteiger partial charge in [-0.2, -0.15) is 0 Å². The Labute approximate surface area is 153 Å². The van der Waals surface area contributed by atoms with E-state index in [0.29, 0.717) is 5.75 Å². The fourth-order valence-corrected chi connectivity index (χ4v) is 2.71. The number of carbonyl (C=O) groups excluding carboxylic acids is 1. The largest absolute Gasteiger partial charge is 0.481 e. The fraction of sp³-hybridized carbons (Fsp3) is 0.238. The zero-order valence-electron chi connectivity index (χ0n) is 15.2. The fourth-order valence-electron chi connectivity index (χ4n) is 2.71. The van der Waals surface area contributed by atoms with Gasteiger partial charge in [0, 0.05) is 18.1 Å². The van der Waals surface area contributed by atoms with Crippen molar-refractivity contribution in [1.29, 1.82) is 0 Å². The van der Waals surface area contributed by atoms with Gasteiger partial charge in [0.1, 0.15) is 5.75 Å². The molecule has 2 unspecified atom stereocenters. The number of amides is 1. The molecule has 3 aromatic rings. The Morgan fingerprint density at radius 3 is 2.58 bits per heavy atom. The minimum absolute atomic E-state index is 0.108. The lowest BCUT2D eigenvalue weighted by Gasteiger charge is -2.19. The van der Waals surface area contributed by atoms with Crippen LogP contribution in [0.25, 0.3) is 5.69 Å². The van der Waals surface area contributed by atoms with Gasteiger partial charge in [0.2, 0.25) is 0 Å². The summed E-state index contributed by atoms with van der Waals surface area (Å²) < 4.78 is 7.67. The molecule has 0 radical (unpaired) electrons. The molecule has 2 aromatic carbocycles. The van der Waals surface area contributed by atoms with Gasteiger partial charge in [-0.05, 0) is 56.2 Å². The normalized spacial score (nSPS) is 13.0. The van der Waals surface area contributed by atoms with E-state index in [0.717, 1.165) is 16.8 Å². The van der Waals surface area contributed by atoms with Crippen LogP contribution >= 0.6 is 0 Å². The first-order valence-corrected chi connectivity index (χ1v) is 8.65. The molecule has 5 nitrogen and oxygen atoms in total. The second kappa shape index (κ2) is 7.87. The van der Waals surface area contributed by atoms with Crippen molar-refractivity contribution in [3.05, 3.63) is 78.4 Å². The number of aromatic nitrogens is 2. The van der Waals surface area contributed by atoms with E-state index < -0.39 is 6.10 Å². The summed E-state index contributed by atoms with van der Waals surface area (Å²) in [6.45, 7) is 5.71. The summed E-state index contributed by atoms with van der Waals surface area (Å²) in [6.07, 6.45) is 4.83. The standard InChI is InChI=1S/C21H23N3O2/c1-15-5-4-6-20(13-15)26-17(3)21(25)23-16(2)18-7-9-19(10-8-18)24-12-11-22-14-24/h4-14,16-17H,1-3H3,(H,23,25). The summed E-state index contributed by atoms with van der Waals surface area (Å²) >= 11 is 0. The molecule has 1 heterocycles. The molecule has 1 aromatic heterocycles. The van der Waals surface area contributed by atoms with Crippen molar-refractivity contribution in [3.63, 3.8) is 0 Å². The van der Waals surface area contributed by atoms with Crippen molar-refractivity contribution in [2.75, 3.05) is 0 Å². The first-order chi connectivity index (χ1) is 12.5. The van der Waals surface area contributed by atoms with Crippen LogP contribution in [0.3, 0.4) is 0 Å². The third kappa shape index (κ3) is 4.30. The van der Waals surface area contributed by atoms with Crippen LogP contribution < -0.4 is 10.1 Å². The molecular weight excluding hydrogens is 326 g/mol. The summed E-state index contributed by atoms with van der Waals surface area (Å²) in [4.78, 5) is 16.5. The Morgan fingerprint density at radius 2 is 1.92 bits per heavy atom. The second-order valence-electron chi connectivity index (χ2n) is 6.37. The van der Waals surface area contributed by atoms with Crippen LogP contribution in [0.1, 0.15) is 31.0 Å². The molecule has 0 saturated carbocycles. The van der Waals surface area contributed by atoms with Gasteiger partial charge in [-0.3, -0.25) is 4.79 Å². The molecule has 3 rings (SSSR count). The summed E-state index contributed by atoms with van der Waals surface area (Å²) in [6, 6.07) is 15.6. The molecule has 5 heteroatoms. The van der Waals surface area contributed by atoms with Gasteiger partial charge in [-0.15, -0.1) is 0 Å². The van der Waals surface area contributed by atoms with Gasteiger partial charge in [-0.25, -0.2) is 4.98 Å². The molecule has 0 fully saturated rings. The van der Waals surface area contributed by atoms with Crippen LogP contribution in [-0.2, 0) is 4.79 Å². The maximum Gasteiger partial charge on any atom is 0.261 e. The summed E-state index contributed by atoms with van der Waals surface area (Å²) in [5.41, 5.74) is 3.16. The molecular formula is C21H23N3O2. The Hall–Kier alpha value is -3.08. The Morgan fingerprint density at radius 1 is 1.15 bits per heavy atom. The number of ether oxygens (including phenoxy) is 1. The topological polar surface area (TPSA) is 56.1 Å². The quantitative estimate of drug-likeness (QED) is 0.736. The van der Waals surface area contributed by atoms with Crippen molar-refractivity contribution >= 4 is 5.91 Å². The molecule has 0 spiro atoms. The van der Waals surface area contributed by atoms with E-state index in [1.165, 1.54) is 0 Å². The molecule has 134 valence electrons. The number of hydrogen-bond acceptors (Lipinski definition) is 3. The number of aryl methyl sites for hydroxylation is 1. The molecule has 0 bridgehead atoms. The van der Waals surface area contributed by atoms with Crippen LogP contribution in [0.5, 0.6) is 5.75 Å². The Bertz CT molecular complexity index is 857. The van der Waals surface area contributed by atoms with E-state index in [2.05, 4.69) is 10.3 Å². The van der Waals surface area contributed by atoms with Gasteiger partial charge in [-0.1, -0.05) is 24.3 Å². The number of carbonyl (C=O) groups is 1. The molecule has 1 N–H and O–H groups in total. The lowest BCUT2D eigenvalue weighted by Crippen LogP contribution is -2.37. The van der Waals surface area contributed by atoms with Gasteiger partial charge in [0.15, 0.2) is 6.10 Å². The molecule has 0 aliphatic heterocycles. The lowest BCUT2D eigenvalue weighted by atomic mass is 10.1. The highest BCUT2D eigenvalue weighted by Crippen LogP contribution is 2.17. The van der Waals surface area contributed by atoms with Crippen molar-refractivity contribution in [1.82, 2.24) is 14.9 Å². The van der Waals surface area contributed by atoms with Gasteiger partial charge in [0.05, 0.1) is 12.4 Å². The number of imidazole rings is 1. The SMILES string of the molecule is Cc1cccc(OC(C)C(=O)NC(C)c2ccc(-n3ccnc3)cc2)c1. The third-order valence-corrected chi connectivity index (χ3v) is 4.23. The van der Waals surface area contributed by atoms with Gasteiger partial charge < -0.3 is 14.6 Å². The molecule has 0 saturated heterocycles. The smallest absolute Gasteiger partial charge is 0.261 e. The van der Waals surface area contributed by atoms with Crippen LogP contribution in [0.15, 0.2) is 67.3 Å². The summed E-state index contributed by atoms with van der Waals surface area (Å²) in [5.74, 6) is 0.558. The van der Waals surface area contributed by atoms with Crippen LogP contribution in [0, 0.1) is 6.92 Å². The minimum Gasteiger partial charge on any atom is -0.481 e. The van der Waals surface area contributed by atoms with E-state index in [1.807, 2.05) is 73.1 Å². The molecule has 2 atom stereocenters. The molecule has 1 amide bonds. The summed E-state index contributed by atoms with van der Waals surface area (Å²) in [5, 5.41) is 3.00. The molecule has 0 aliphatic rings. The third-order valence-electron chi connectivity index (χ3n) is 4.23. The van der Waals surface area contributed by atoms with Crippen LogP contribution in [0.2, 0.25) is 0 Å². The van der Waals surface area contributed by atoms with Crippen LogP contribution in [0.4, 0.5) is 0 Å². The highest BCUT2D eigenvalue weighted by Gasteiger charge is 2.17. The number of nitrogens with one attached hydrogen (secondary N) is 1. The van der Waals surface area contributed by atoms with Crippen molar-refractivity contribution in [3.8, 4) is 11.4 Å². The maximum absolute atomic E-state index is 12.4. The molecule has 26 heavy (non-hydrogen) atoms. The molecule has 0 aliphatic carbocycles. The van der Waals surface area contributed by atoms with Crippen LogP contribution in [-0.4, -0.2) is 21.6 Å². The van der Waals surface area contributed by atoms with Crippen molar-refractivity contribution in [2.45, 2.75) is 32.9 Å². The number of hydrogen-bond donors (Lipinski definition) is 1. The van der Waals surface area contributed by atoms with Crippen molar-refractivity contribution < 1.29 is 9.53 Å². The summed E-state index contributed by atoms with van der Waals surface area (Å²) in [7, 11) is 0. The second-order valence-corrected chi connectivity index (χ2v) is 6.37. The Kier molecular flexibility index (Phi) is 5.37. The average Bonchev–Trinajstić information content (AvgIpc) is 3.16. The lowest BCUT2D eigenvalue weighted by molar-refractivity contribution is -0.127. The van der Waals surface area contributed by atoms with E-state index in [-0.39, 0.29) is 11.9 Å². The van der Waals surface area contributed by atoms with E-state index in [4.69, 9.17) is 4.74 Å². The zero-order valence-corrected chi connectivity index (χ0v) is 15.2. The van der Waals surface area contributed by atoms with E-state index >= 15 is 0 Å². The first kappa shape index (κ1) is 17.7. The Balaban J connectivity index is 1.59. The number of rotatable bonds is 6. The van der Waals surface area contributed by atoms with E-state index in [1.54, 1.807) is 19.4 Å². The highest BCUT2D eigenvalue weighted by atomic mass is 16.5.